The van der Waals surface area contributed by atoms with Crippen molar-refractivity contribution in [3.8, 4) is 0 Å². The molecule has 1 fully saturated rings. The van der Waals surface area contributed by atoms with Crippen LogP contribution < -0.4 is 10.0 Å². The summed E-state index contributed by atoms with van der Waals surface area (Å²) in [5.41, 5.74) is 2.74. The third-order valence-electron chi connectivity index (χ3n) is 6.58. The average Bonchev–Trinajstić information content (AvgIpc) is 2.89. The molecule has 4 rings (SSSR count). The first-order valence-electron chi connectivity index (χ1n) is 12.3. The third kappa shape index (κ3) is 6.57. The van der Waals surface area contributed by atoms with Gasteiger partial charge in [0.25, 0.3) is 21.8 Å². The van der Waals surface area contributed by atoms with Gasteiger partial charge in [-0.3, -0.25) is 14.3 Å². The van der Waals surface area contributed by atoms with Crippen molar-refractivity contribution < 1.29 is 18.0 Å². The van der Waals surface area contributed by atoms with Gasteiger partial charge in [0.15, 0.2) is 0 Å². The Labute approximate surface area is 236 Å². The lowest BCUT2D eigenvalue weighted by molar-refractivity contribution is 0.0635. The van der Waals surface area contributed by atoms with Crippen LogP contribution in [0.3, 0.4) is 0 Å². The third-order valence-corrected chi connectivity index (χ3v) is 8.96. The Balaban J connectivity index is 1.43. The first-order chi connectivity index (χ1) is 18.0. The van der Waals surface area contributed by atoms with Crippen LogP contribution in [0, 0.1) is 6.92 Å². The van der Waals surface area contributed by atoms with E-state index in [1.807, 2.05) is 17.9 Å². The number of hydrogen-bond acceptors (Lipinski definition) is 4. The van der Waals surface area contributed by atoms with Gasteiger partial charge in [-0.1, -0.05) is 29.8 Å². The van der Waals surface area contributed by atoms with Gasteiger partial charge >= 0.3 is 0 Å². The van der Waals surface area contributed by atoms with Gasteiger partial charge in [-0.2, -0.15) is 0 Å². The van der Waals surface area contributed by atoms with Gasteiger partial charge in [-0.25, -0.2) is 8.42 Å². The molecular formula is C28H29BrClN3O4S. The van der Waals surface area contributed by atoms with Crippen LogP contribution >= 0.6 is 27.5 Å². The molecule has 0 saturated carbocycles. The fraction of sp³-hybridized carbons (Fsp3) is 0.286. The fourth-order valence-corrected chi connectivity index (χ4v) is 6.15. The highest BCUT2D eigenvalue weighted by Gasteiger charge is 2.24. The van der Waals surface area contributed by atoms with Crippen LogP contribution in [0.25, 0.3) is 0 Å². The summed E-state index contributed by atoms with van der Waals surface area (Å²) >= 11 is 9.59. The smallest absolute Gasteiger partial charge is 0.261 e. The minimum Gasteiger partial charge on any atom is -0.348 e. The average molecular weight is 619 g/mol. The molecule has 3 aromatic carbocycles. The van der Waals surface area contributed by atoms with Gasteiger partial charge in [0, 0.05) is 29.2 Å². The minimum absolute atomic E-state index is 0.0175. The Morgan fingerprint density at radius 1 is 1.05 bits per heavy atom. The van der Waals surface area contributed by atoms with Gasteiger partial charge in [0.2, 0.25) is 0 Å². The number of carbonyl (C=O) groups excluding carboxylic acids is 2. The summed E-state index contributed by atoms with van der Waals surface area (Å²) in [6.45, 7) is 4.89. The van der Waals surface area contributed by atoms with Crippen molar-refractivity contribution in [1.82, 2.24) is 10.2 Å². The summed E-state index contributed by atoms with van der Waals surface area (Å²) in [6.07, 6.45) is 3.18. The topological polar surface area (TPSA) is 95.6 Å². The van der Waals surface area contributed by atoms with Gasteiger partial charge in [-0.15, -0.1) is 0 Å². The summed E-state index contributed by atoms with van der Waals surface area (Å²) in [6, 6.07) is 16.7. The molecule has 1 unspecified atom stereocenters. The normalized spacial score (nSPS) is 15.7. The highest BCUT2D eigenvalue weighted by Crippen LogP contribution is 2.28. The second-order valence-corrected chi connectivity index (χ2v) is 12.4. The molecular weight excluding hydrogens is 590 g/mol. The van der Waals surface area contributed by atoms with Crippen molar-refractivity contribution in [2.45, 2.75) is 50.6 Å². The molecule has 2 amide bonds. The second kappa shape index (κ2) is 11.9. The molecule has 1 saturated heterocycles. The molecule has 0 spiro atoms. The summed E-state index contributed by atoms with van der Waals surface area (Å²) in [5.74, 6) is -0.491. The Morgan fingerprint density at radius 3 is 2.50 bits per heavy atom. The SMILES string of the molecule is Cc1ccc(Br)c(NS(=O)(=O)c2ccc(Cl)c(C(=O)NCc3ccc(C(=O)N4CCCCC4C)cc3)c2)c1. The minimum atomic E-state index is -3.97. The molecule has 7 nitrogen and oxygen atoms in total. The lowest BCUT2D eigenvalue weighted by atomic mass is 10.0. The number of amides is 2. The van der Waals surface area contributed by atoms with E-state index in [-0.39, 0.29) is 34.0 Å². The van der Waals surface area contributed by atoms with Crippen molar-refractivity contribution in [2.75, 3.05) is 11.3 Å². The highest BCUT2D eigenvalue weighted by atomic mass is 79.9. The summed E-state index contributed by atoms with van der Waals surface area (Å²) < 4.78 is 29.2. The predicted molar refractivity (Wildman–Crippen MR) is 153 cm³/mol. The zero-order valence-corrected chi connectivity index (χ0v) is 24.3. The fourth-order valence-electron chi connectivity index (χ4n) is 4.37. The number of nitrogens with zero attached hydrogens (tertiary/aromatic N) is 1. The van der Waals surface area contributed by atoms with E-state index in [0.717, 1.165) is 36.9 Å². The molecule has 1 aliphatic rings. The van der Waals surface area contributed by atoms with Crippen molar-refractivity contribution >= 4 is 55.1 Å². The van der Waals surface area contributed by atoms with E-state index in [2.05, 4.69) is 32.9 Å². The van der Waals surface area contributed by atoms with Gasteiger partial charge < -0.3 is 10.2 Å². The number of hydrogen-bond donors (Lipinski definition) is 2. The summed E-state index contributed by atoms with van der Waals surface area (Å²) in [5, 5.41) is 2.91. The van der Waals surface area contributed by atoms with Crippen molar-refractivity contribution in [3.63, 3.8) is 0 Å². The zero-order chi connectivity index (χ0) is 27.4. The Bertz CT molecular complexity index is 1460. The van der Waals surface area contributed by atoms with Crippen LogP contribution in [-0.4, -0.2) is 37.7 Å². The largest absolute Gasteiger partial charge is 0.348 e. The number of aryl methyl sites for hydroxylation is 1. The van der Waals surface area contributed by atoms with E-state index in [4.69, 9.17) is 11.6 Å². The van der Waals surface area contributed by atoms with E-state index < -0.39 is 15.9 Å². The number of anilines is 1. The first-order valence-corrected chi connectivity index (χ1v) is 15.0. The number of benzene rings is 3. The van der Waals surface area contributed by atoms with Crippen molar-refractivity contribution in [2.24, 2.45) is 0 Å². The van der Waals surface area contributed by atoms with Gasteiger partial charge in [-0.05, 0) is 103 Å². The number of halogens is 2. The predicted octanol–water partition coefficient (Wildman–Crippen LogP) is 6.16. The standard InChI is InChI=1S/C28H29BrClN3O4S/c1-18-6-12-24(29)26(15-18)32-38(36,37)22-11-13-25(30)23(16-22)27(34)31-17-20-7-9-21(10-8-20)28(35)33-14-4-3-5-19(33)2/h6-13,15-16,19,32H,3-5,14,17H2,1-2H3,(H,31,34). The molecule has 3 aromatic rings. The monoisotopic (exact) mass is 617 g/mol. The lowest BCUT2D eigenvalue weighted by Crippen LogP contribution is -2.42. The summed E-state index contributed by atoms with van der Waals surface area (Å²) in [7, 11) is -3.97. The van der Waals surface area contributed by atoms with Crippen molar-refractivity contribution in [1.29, 1.82) is 0 Å². The molecule has 200 valence electrons. The number of sulfonamides is 1. The maximum absolute atomic E-state index is 13.0. The van der Waals surface area contributed by atoms with Crippen LogP contribution in [0.2, 0.25) is 5.02 Å². The van der Waals surface area contributed by atoms with E-state index in [1.165, 1.54) is 18.2 Å². The zero-order valence-electron chi connectivity index (χ0n) is 21.1. The maximum atomic E-state index is 13.0. The molecule has 1 heterocycles. The number of piperidine rings is 1. The van der Waals surface area contributed by atoms with Crippen LogP contribution in [0.4, 0.5) is 5.69 Å². The molecule has 38 heavy (non-hydrogen) atoms. The number of rotatable bonds is 7. The molecule has 1 aliphatic heterocycles. The van der Waals surface area contributed by atoms with Gasteiger partial charge in [0.05, 0.1) is 21.2 Å². The molecule has 0 bridgehead atoms. The van der Waals surface area contributed by atoms with Gasteiger partial charge in [0.1, 0.15) is 0 Å². The van der Waals surface area contributed by atoms with E-state index >= 15 is 0 Å². The number of likely N-dealkylation sites (tertiary alicyclic amines) is 1. The number of carbonyl (C=O) groups is 2. The van der Waals surface area contributed by atoms with Crippen LogP contribution in [0.1, 0.15) is 58.0 Å². The molecule has 10 heteroatoms. The maximum Gasteiger partial charge on any atom is 0.261 e. The second-order valence-electron chi connectivity index (χ2n) is 9.45. The highest BCUT2D eigenvalue weighted by molar-refractivity contribution is 9.10. The Kier molecular flexibility index (Phi) is 8.80. The van der Waals surface area contributed by atoms with E-state index in [9.17, 15) is 18.0 Å². The number of nitrogens with one attached hydrogen (secondary N) is 2. The molecule has 2 N–H and O–H groups in total. The molecule has 0 aromatic heterocycles. The van der Waals surface area contributed by atoms with E-state index in [0.29, 0.717) is 15.7 Å². The quantitative estimate of drug-likeness (QED) is 0.332. The van der Waals surface area contributed by atoms with Crippen LogP contribution in [0.15, 0.2) is 70.0 Å². The Hall–Kier alpha value is -2.88. The van der Waals surface area contributed by atoms with Crippen LogP contribution in [-0.2, 0) is 16.6 Å². The molecule has 1 atom stereocenters. The Morgan fingerprint density at radius 2 is 1.79 bits per heavy atom. The van der Waals surface area contributed by atoms with Crippen LogP contribution in [0.5, 0.6) is 0 Å². The molecule has 0 aliphatic carbocycles. The lowest BCUT2D eigenvalue weighted by Gasteiger charge is -2.33. The summed E-state index contributed by atoms with van der Waals surface area (Å²) in [4.78, 5) is 27.6. The van der Waals surface area contributed by atoms with Crippen molar-refractivity contribution in [3.05, 3.63) is 92.4 Å². The van der Waals surface area contributed by atoms with E-state index in [1.54, 1.807) is 36.4 Å². The first kappa shape index (κ1) is 28.1. The molecule has 0 radical (unpaired) electrons.